The summed E-state index contributed by atoms with van der Waals surface area (Å²) in [6, 6.07) is 12.6. The fraction of sp³-hybridized carbons (Fsp3) is 0.286. The van der Waals surface area contributed by atoms with Gasteiger partial charge in [0, 0.05) is 16.3 Å². The number of thiophene rings is 1. The molecule has 1 atom stereocenters. The molecule has 6 rings (SSSR count). The van der Waals surface area contributed by atoms with Gasteiger partial charge in [0.15, 0.2) is 5.16 Å². The van der Waals surface area contributed by atoms with Crippen molar-refractivity contribution in [2.45, 2.75) is 45.1 Å². The highest BCUT2D eigenvalue weighted by atomic mass is 35.5. The number of anilines is 1. The van der Waals surface area contributed by atoms with E-state index in [-0.39, 0.29) is 23.3 Å². The van der Waals surface area contributed by atoms with Gasteiger partial charge in [-0.2, -0.15) is 0 Å². The van der Waals surface area contributed by atoms with Crippen molar-refractivity contribution in [1.29, 1.82) is 0 Å². The van der Waals surface area contributed by atoms with Gasteiger partial charge in [0.1, 0.15) is 4.83 Å². The maximum absolute atomic E-state index is 14.2. The number of halogens is 2. The van der Waals surface area contributed by atoms with Crippen molar-refractivity contribution in [3.8, 4) is 5.69 Å². The number of thioether (sulfide) groups is 1. The third kappa shape index (κ3) is 4.92. The minimum Gasteiger partial charge on any atom is -0.372 e. The van der Waals surface area contributed by atoms with E-state index < -0.39 is 0 Å². The van der Waals surface area contributed by atoms with Gasteiger partial charge in [0.25, 0.3) is 5.56 Å². The molecule has 1 N–H and O–H groups in total. The number of ether oxygens (including phenoxy) is 1. The molecule has 1 aliphatic heterocycles. The molecule has 0 bridgehead atoms. The van der Waals surface area contributed by atoms with E-state index in [0.717, 1.165) is 20.8 Å². The van der Waals surface area contributed by atoms with Crippen molar-refractivity contribution in [2.75, 3.05) is 11.1 Å². The van der Waals surface area contributed by atoms with Gasteiger partial charge in [-0.05, 0) is 54.3 Å². The van der Waals surface area contributed by atoms with Crippen molar-refractivity contribution >= 4 is 73.9 Å². The summed E-state index contributed by atoms with van der Waals surface area (Å²) in [6.07, 6.45) is 0.696. The normalized spacial score (nSPS) is 15.2. The second-order valence-corrected chi connectivity index (χ2v) is 12.9. The van der Waals surface area contributed by atoms with E-state index >= 15 is 0 Å². The number of nitrogens with one attached hydrogen (secondary N) is 1. The largest absolute Gasteiger partial charge is 0.372 e. The first kappa shape index (κ1) is 27.3. The topological polar surface area (TPSA) is 90.5 Å². The van der Waals surface area contributed by atoms with Gasteiger partial charge >= 0.3 is 0 Å². The summed E-state index contributed by atoms with van der Waals surface area (Å²) in [7, 11) is 0. The van der Waals surface area contributed by atoms with Crippen molar-refractivity contribution in [3.05, 3.63) is 78.9 Å². The Kier molecular flexibility index (Phi) is 7.39. The van der Waals surface area contributed by atoms with Gasteiger partial charge in [-0.3, -0.25) is 9.59 Å². The molecule has 0 saturated heterocycles. The number of carbonyl (C=O) groups is 1. The second kappa shape index (κ2) is 10.8. The molecule has 1 amide bonds. The van der Waals surface area contributed by atoms with Crippen LogP contribution in [0.25, 0.3) is 21.7 Å². The molecule has 0 fully saturated rings. The molecule has 4 heterocycles. The Morgan fingerprint density at radius 2 is 2.05 bits per heavy atom. The van der Waals surface area contributed by atoms with E-state index in [2.05, 4.69) is 29.4 Å². The highest BCUT2D eigenvalue weighted by Crippen LogP contribution is 2.37. The van der Waals surface area contributed by atoms with Crippen LogP contribution in [0.4, 0.5) is 5.69 Å². The monoisotopic (exact) mass is 613 g/mol. The lowest BCUT2D eigenvalue weighted by Crippen LogP contribution is -2.28. The molecule has 1 aliphatic rings. The van der Waals surface area contributed by atoms with Gasteiger partial charge in [-0.1, -0.05) is 60.9 Å². The third-order valence-electron chi connectivity index (χ3n) is 6.88. The number of aryl methyl sites for hydroxylation is 1. The highest BCUT2D eigenvalue weighted by molar-refractivity contribution is 7.99. The number of amides is 1. The Hall–Kier alpha value is -2.89. The summed E-state index contributed by atoms with van der Waals surface area (Å²) in [6.45, 7) is 6.70. The van der Waals surface area contributed by atoms with E-state index in [1.54, 1.807) is 22.8 Å². The van der Waals surface area contributed by atoms with Crippen LogP contribution >= 0.6 is 46.3 Å². The summed E-state index contributed by atoms with van der Waals surface area (Å²) in [5.41, 5.74) is 3.11. The van der Waals surface area contributed by atoms with Crippen LogP contribution in [0.3, 0.4) is 0 Å². The summed E-state index contributed by atoms with van der Waals surface area (Å²) in [5.74, 6) is 0.521. The van der Waals surface area contributed by atoms with Crippen LogP contribution in [0.15, 0.2) is 52.4 Å². The predicted molar refractivity (Wildman–Crippen MR) is 162 cm³/mol. The van der Waals surface area contributed by atoms with Crippen molar-refractivity contribution in [3.63, 3.8) is 0 Å². The predicted octanol–water partition coefficient (Wildman–Crippen LogP) is 6.54. The first-order chi connectivity index (χ1) is 19.2. The molecule has 0 radical (unpaired) electrons. The summed E-state index contributed by atoms with van der Waals surface area (Å²) in [5, 5.41) is 13.7. The van der Waals surface area contributed by atoms with E-state index in [4.69, 9.17) is 27.9 Å². The van der Waals surface area contributed by atoms with Crippen molar-refractivity contribution < 1.29 is 9.53 Å². The third-order valence-corrected chi connectivity index (χ3v) is 9.55. The van der Waals surface area contributed by atoms with Crippen LogP contribution < -0.4 is 10.9 Å². The minimum absolute atomic E-state index is 0.0333. The van der Waals surface area contributed by atoms with Crippen molar-refractivity contribution in [2.24, 2.45) is 5.92 Å². The molecule has 206 valence electrons. The number of nitrogens with zero attached hydrogens (tertiary/aromatic N) is 4. The van der Waals surface area contributed by atoms with Crippen LogP contribution in [0.5, 0.6) is 0 Å². The zero-order chi connectivity index (χ0) is 28.1. The molecule has 3 aromatic heterocycles. The molecular formula is C28H25Cl2N5O3S2. The molecule has 0 spiro atoms. The number of carbonyl (C=O) groups excluding carboxylic acids is 1. The molecule has 0 saturated carbocycles. The lowest BCUT2D eigenvalue weighted by atomic mass is 9.96. The second-order valence-electron chi connectivity index (χ2n) is 10.0. The van der Waals surface area contributed by atoms with Gasteiger partial charge < -0.3 is 10.1 Å². The number of hydrogen-bond acceptors (Lipinski definition) is 7. The van der Waals surface area contributed by atoms with E-state index in [1.807, 2.05) is 35.6 Å². The first-order valence-electron chi connectivity index (χ1n) is 12.7. The Morgan fingerprint density at radius 1 is 1.23 bits per heavy atom. The Balaban J connectivity index is 1.45. The fourth-order valence-electron chi connectivity index (χ4n) is 4.87. The van der Waals surface area contributed by atoms with E-state index in [9.17, 15) is 9.59 Å². The molecule has 0 aliphatic carbocycles. The number of aromatic nitrogens is 4. The maximum Gasteiger partial charge on any atom is 0.268 e. The average Bonchev–Trinajstić information content (AvgIpc) is 3.50. The van der Waals surface area contributed by atoms with Gasteiger partial charge in [-0.25, -0.2) is 8.97 Å². The minimum atomic E-state index is -0.257. The number of hydrogen-bond donors (Lipinski definition) is 1. The highest BCUT2D eigenvalue weighted by Gasteiger charge is 2.30. The van der Waals surface area contributed by atoms with Crippen molar-refractivity contribution in [1.82, 2.24) is 19.2 Å². The maximum atomic E-state index is 14.2. The molecule has 0 unspecified atom stereocenters. The Morgan fingerprint density at radius 3 is 2.80 bits per heavy atom. The molecule has 2 aromatic carbocycles. The molecule has 8 nitrogen and oxygen atoms in total. The van der Waals surface area contributed by atoms with Crippen LogP contribution in [0.1, 0.15) is 29.9 Å². The molecule has 12 heteroatoms. The quantitative estimate of drug-likeness (QED) is 0.219. The van der Waals surface area contributed by atoms with E-state index in [0.29, 0.717) is 56.7 Å². The molecular weight excluding hydrogens is 589 g/mol. The Bertz CT molecular complexity index is 1850. The van der Waals surface area contributed by atoms with Crippen LogP contribution in [0, 0.1) is 12.8 Å². The smallest absolute Gasteiger partial charge is 0.268 e. The lowest BCUT2D eigenvalue weighted by Gasteiger charge is -2.26. The summed E-state index contributed by atoms with van der Waals surface area (Å²) in [4.78, 5) is 28.8. The fourth-order valence-corrected chi connectivity index (χ4v) is 7.35. The zero-order valence-corrected chi connectivity index (χ0v) is 25.0. The first-order valence-corrected chi connectivity index (χ1v) is 15.3. The standard InChI is InChI=1S/C28H25Cl2N5O3S2/c1-14(2)21-11-18-22(12-38-21)40-26-24(18)25(37)34(17-6-4-5-15(3)9-17)27-32-33-28(35(26)27)39-13-23(36)31-20-8-7-16(29)10-19(20)30/h4-10,14,21H,11-13H2,1-3H3,(H,31,36)/t21-/m1/s1. The summed E-state index contributed by atoms with van der Waals surface area (Å²) < 4.78 is 9.63. The van der Waals surface area contributed by atoms with Crippen LogP contribution in [-0.4, -0.2) is 36.9 Å². The number of rotatable bonds is 6. The molecule has 40 heavy (non-hydrogen) atoms. The SMILES string of the molecule is Cc1cccc(-n2c(=O)c3c4c(sc3n3c(SCC(=O)Nc5ccc(Cl)cc5Cl)nnc23)CO[C@@H](C(C)C)C4)c1. The van der Waals surface area contributed by atoms with Crippen LogP contribution in [-0.2, 0) is 22.6 Å². The van der Waals surface area contributed by atoms with Gasteiger partial charge in [0.05, 0.1) is 40.2 Å². The zero-order valence-electron chi connectivity index (χ0n) is 21.9. The number of fused-ring (bicyclic) bond motifs is 5. The van der Waals surface area contributed by atoms with E-state index in [1.165, 1.54) is 23.1 Å². The summed E-state index contributed by atoms with van der Waals surface area (Å²) >= 11 is 15.0. The average molecular weight is 615 g/mol. The molecule has 5 aromatic rings. The Labute approximate surface area is 248 Å². The van der Waals surface area contributed by atoms with Gasteiger partial charge in [0.2, 0.25) is 11.7 Å². The van der Waals surface area contributed by atoms with Crippen LogP contribution in [0.2, 0.25) is 10.0 Å². The lowest BCUT2D eigenvalue weighted by molar-refractivity contribution is -0.113. The van der Waals surface area contributed by atoms with Gasteiger partial charge in [-0.15, -0.1) is 21.5 Å². The number of benzene rings is 2.